The zero-order chi connectivity index (χ0) is 15.6. The second-order valence-corrected chi connectivity index (χ2v) is 4.90. The summed E-state index contributed by atoms with van der Waals surface area (Å²) >= 11 is 0. The van der Waals surface area contributed by atoms with E-state index in [1.165, 1.54) is 11.7 Å². The van der Waals surface area contributed by atoms with Gasteiger partial charge in [-0.1, -0.05) is 6.07 Å². The van der Waals surface area contributed by atoms with Gasteiger partial charge < -0.3 is 10.6 Å². The number of benzene rings is 1. The Balaban J connectivity index is 2.27. The quantitative estimate of drug-likeness (QED) is 0.900. The highest BCUT2D eigenvalue weighted by Crippen LogP contribution is 2.16. The van der Waals surface area contributed by atoms with Gasteiger partial charge in [0.2, 0.25) is 0 Å². The second kappa shape index (κ2) is 5.78. The van der Waals surface area contributed by atoms with Crippen LogP contribution < -0.4 is 10.6 Å². The van der Waals surface area contributed by atoms with Gasteiger partial charge in [-0.2, -0.15) is 5.10 Å². The number of nitrogens with zero attached hydrogens (tertiary/aromatic N) is 2. The Morgan fingerprint density at radius 1 is 1.14 bits per heavy atom. The lowest BCUT2D eigenvalue weighted by atomic mass is 10.1. The van der Waals surface area contributed by atoms with Crippen LogP contribution in [0.4, 0.5) is 5.69 Å². The fraction of sp³-hybridized carbons (Fsp3) is 0.267. The van der Waals surface area contributed by atoms with Gasteiger partial charge in [0.15, 0.2) is 5.69 Å². The molecule has 0 saturated carbocycles. The molecule has 0 aliphatic rings. The van der Waals surface area contributed by atoms with E-state index in [9.17, 15) is 9.59 Å². The summed E-state index contributed by atoms with van der Waals surface area (Å²) in [5, 5.41) is 9.27. The molecular weight excluding hydrogens is 268 g/mol. The number of amides is 2. The topological polar surface area (TPSA) is 76.0 Å². The number of hydrogen-bond donors (Lipinski definition) is 2. The summed E-state index contributed by atoms with van der Waals surface area (Å²) in [6.45, 7) is 3.94. The van der Waals surface area contributed by atoms with Crippen molar-refractivity contribution in [2.75, 3.05) is 12.4 Å². The SMILES string of the molecule is CNC(=O)c1nn(C)cc1NC(=O)c1ccc(C)c(C)c1. The van der Waals surface area contributed by atoms with Crippen LogP contribution in [0.5, 0.6) is 0 Å². The van der Waals surface area contributed by atoms with Crippen molar-refractivity contribution in [1.82, 2.24) is 15.1 Å². The van der Waals surface area contributed by atoms with Crippen LogP contribution in [-0.2, 0) is 7.05 Å². The number of hydrogen-bond acceptors (Lipinski definition) is 3. The summed E-state index contributed by atoms with van der Waals surface area (Å²) in [6.07, 6.45) is 1.60. The number of anilines is 1. The molecule has 1 aromatic heterocycles. The van der Waals surface area contributed by atoms with E-state index in [1.54, 1.807) is 19.3 Å². The summed E-state index contributed by atoms with van der Waals surface area (Å²) < 4.78 is 1.49. The van der Waals surface area contributed by atoms with E-state index < -0.39 is 0 Å². The molecule has 2 N–H and O–H groups in total. The van der Waals surface area contributed by atoms with Gasteiger partial charge in [0.1, 0.15) is 0 Å². The maximum absolute atomic E-state index is 12.3. The van der Waals surface area contributed by atoms with Gasteiger partial charge in [-0.05, 0) is 37.1 Å². The van der Waals surface area contributed by atoms with Crippen molar-refractivity contribution in [3.05, 3.63) is 46.8 Å². The van der Waals surface area contributed by atoms with Gasteiger partial charge in [-0.3, -0.25) is 14.3 Å². The first kappa shape index (κ1) is 14.8. The molecule has 6 heteroatoms. The summed E-state index contributed by atoms with van der Waals surface area (Å²) in [5.74, 6) is -0.609. The zero-order valence-electron chi connectivity index (χ0n) is 12.5. The van der Waals surface area contributed by atoms with Gasteiger partial charge >= 0.3 is 0 Å². The molecule has 1 aromatic carbocycles. The van der Waals surface area contributed by atoms with E-state index in [4.69, 9.17) is 0 Å². The molecule has 0 atom stereocenters. The van der Waals surface area contributed by atoms with Gasteiger partial charge in [0, 0.05) is 25.9 Å². The molecule has 0 fully saturated rings. The third-order valence-electron chi connectivity index (χ3n) is 3.29. The van der Waals surface area contributed by atoms with Crippen LogP contribution in [0.3, 0.4) is 0 Å². The summed E-state index contributed by atoms with van der Waals surface area (Å²) in [7, 11) is 3.21. The number of rotatable bonds is 3. The molecule has 1 heterocycles. The normalized spacial score (nSPS) is 10.3. The number of carbonyl (C=O) groups excluding carboxylic acids is 2. The van der Waals surface area contributed by atoms with E-state index in [2.05, 4.69) is 15.7 Å². The van der Waals surface area contributed by atoms with Crippen LogP contribution in [0, 0.1) is 13.8 Å². The molecule has 0 saturated heterocycles. The largest absolute Gasteiger partial charge is 0.354 e. The van der Waals surface area contributed by atoms with Crippen LogP contribution in [0.1, 0.15) is 32.0 Å². The van der Waals surface area contributed by atoms with Crippen molar-refractivity contribution in [2.45, 2.75) is 13.8 Å². The molecule has 0 aliphatic heterocycles. The lowest BCUT2D eigenvalue weighted by Crippen LogP contribution is -2.21. The fourth-order valence-electron chi connectivity index (χ4n) is 1.94. The van der Waals surface area contributed by atoms with E-state index in [0.29, 0.717) is 11.3 Å². The van der Waals surface area contributed by atoms with Crippen LogP contribution in [0.2, 0.25) is 0 Å². The number of nitrogens with one attached hydrogen (secondary N) is 2. The van der Waals surface area contributed by atoms with E-state index in [-0.39, 0.29) is 17.5 Å². The smallest absolute Gasteiger partial charge is 0.273 e. The monoisotopic (exact) mass is 286 g/mol. The summed E-state index contributed by atoms with van der Waals surface area (Å²) in [4.78, 5) is 24.0. The lowest BCUT2D eigenvalue weighted by molar-refractivity contribution is 0.0958. The Morgan fingerprint density at radius 2 is 1.86 bits per heavy atom. The maximum atomic E-state index is 12.3. The Morgan fingerprint density at radius 3 is 2.48 bits per heavy atom. The molecule has 6 nitrogen and oxygen atoms in total. The minimum Gasteiger partial charge on any atom is -0.354 e. The Kier molecular flexibility index (Phi) is 4.07. The first-order valence-electron chi connectivity index (χ1n) is 6.56. The molecule has 0 aliphatic carbocycles. The van der Waals surface area contributed by atoms with Gasteiger partial charge in [-0.25, -0.2) is 0 Å². The van der Waals surface area contributed by atoms with Crippen LogP contribution in [0.15, 0.2) is 24.4 Å². The molecule has 110 valence electrons. The molecule has 0 spiro atoms. The molecule has 2 rings (SSSR count). The minimum absolute atomic E-state index is 0.192. The molecule has 21 heavy (non-hydrogen) atoms. The zero-order valence-corrected chi connectivity index (χ0v) is 12.5. The predicted octanol–water partition coefficient (Wildman–Crippen LogP) is 1.65. The van der Waals surface area contributed by atoms with Crippen LogP contribution in [-0.4, -0.2) is 28.6 Å². The van der Waals surface area contributed by atoms with Crippen molar-refractivity contribution >= 4 is 17.5 Å². The van der Waals surface area contributed by atoms with Crippen molar-refractivity contribution in [1.29, 1.82) is 0 Å². The molecule has 0 unspecified atom stereocenters. The Bertz CT molecular complexity index is 704. The molecule has 0 radical (unpaired) electrons. The molecular formula is C15H18N4O2. The van der Waals surface area contributed by atoms with Crippen molar-refractivity contribution in [3.8, 4) is 0 Å². The Labute approximate surface area is 123 Å². The van der Waals surface area contributed by atoms with Gasteiger partial charge in [-0.15, -0.1) is 0 Å². The predicted molar refractivity (Wildman–Crippen MR) is 80.5 cm³/mol. The fourth-order valence-corrected chi connectivity index (χ4v) is 1.94. The highest BCUT2D eigenvalue weighted by molar-refractivity contribution is 6.08. The summed E-state index contributed by atoms with van der Waals surface area (Å²) in [5.41, 5.74) is 3.29. The summed E-state index contributed by atoms with van der Waals surface area (Å²) in [6, 6.07) is 5.47. The average molecular weight is 286 g/mol. The van der Waals surface area contributed by atoms with Crippen molar-refractivity contribution in [3.63, 3.8) is 0 Å². The first-order valence-corrected chi connectivity index (χ1v) is 6.56. The highest BCUT2D eigenvalue weighted by Gasteiger charge is 2.17. The first-order chi connectivity index (χ1) is 9.92. The van der Waals surface area contributed by atoms with E-state index >= 15 is 0 Å². The minimum atomic E-state index is -0.342. The number of aromatic nitrogens is 2. The average Bonchev–Trinajstić information content (AvgIpc) is 2.81. The van der Waals surface area contributed by atoms with E-state index in [1.807, 2.05) is 26.0 Å². The Hall–Kier alpha value is -2.63. The van der Waals surface area contributed by atoms with Crippen LogP contribution >= 0.6 is 0 Å². The molecule has 0 bridgehead atoms. The number of carbonyl (C=O) groups is 2. The highest BCUT2D eigenvalue weighted by atomic mass is 16.2. The maximum Gasteiger partial charge on any atom is 0.273 e. The van der Waals surface area contributed by atoms with Gasteiger partial charge in [0.25, 0.3) is 11.8 Å². The number of aryl methyl sites for hydroxylation is 3. The molecule has 2 aromatic rings. The van der Waals surface area contributed by atoms with Crippen molar-refractivity contribution < 1.29 is 9.59 Å². The third-order valence-corrected chi connectivity index (χ3v) is 3.29. The standard InChI is InChI=1S/C15H18N4O2/c1-9-5-6-11(7-10(9)2)14(20)17-12-8-19(4)18-13(12)15(21)16-3/h5-8H,1-4H3,(H,16,21)(H,17,20). The lowest BCUT2D eigenvalue weighted by Gasteiger charge is -2.07. The third kappa shape index (κ3) is 3.10. The van der Waals surface area contributed by atoms with E-state index in [0.717, 1.165) is 11.1 Å². The second-order valence-electron chi connectivity index (χ2n) is 4.90. The van der Waals surface area contributed by atoms with Crippen molar-refractivity contribution in [2.24, 2.45) is 7.05 Å². The van der Waals surface area contributed by atoms with Crippen LogP contribution in [0.25, 0.3) is 0 Å². The molecule has 2 amide bonds. The van der Waals surface area contributed by atoms with Gasteiger partial charge in [0.05, 0.1) is 5.69 Å².